The molecule has 0 bridgehead atoms. The Balaban J connectivity index is 2.47. The van der Waals surface area contributed by atoms with Gasteiger partial charge in [0.1, 0.15) is 0 Å². The first-order valence-electron chi connectivity index (χ1n) is 4.30. The van der Waals surface area contributed by atoms with E-state index in [2.05, 4.69) is 31.2 Å². The van der Waals surface area contributed by atoms with Gasteiger partial charge in [-0.2, -0.15) is 0 Å². The van der Waals surface area contributed by atoms with Gasteiger partial charge >= 0.3 is 0 Å². The number of benzene rings is 1. The van der Waals surface area contributed by atoms with Gasteiger partial charge in [-0.3, -0.25) is 0 Å². The van der Waals surface area contributed by atoms with Crippen LogP contribution in [0.3, 0.4) is 0 Å². The minimum Gasteiger partial charge on any atom is -0.326 e. The number of hydrogen-bond acceptors (Lipinski definition) is 1. The fourth-order valence-electron chi connectivity index (χ4n) is 1.74. The van der Waals surface area contributed by atoms with E-state index >= 15 is 0 Å². The molecule has 2 rings (SSSR count). The average molecular weight is 159 g/mol. The molecule has 1 aromatic carbocycles. The maximum absolute atomic E-state index is 5.62. The van der Waals surface area contributed by atoms with Crippen LogP contribution in [0.5, 0.6) is 0 Å². The van der Waals surface area contributed by atoms with Crippen molar-refractivity contribution in [1.82, 2.24) is 0 Å². The van der Waals surface area contributed by atoms with Gasteiger partial charge < -0.3 is 5.73 Å². The van der Waals surface area contributed by atoms with E-state index in [-0.39, 0.29) is 0 Å². The van der Waals surface area contributed by atoms with E-state index in [4.69, 9.17) is 5.73 Å². The molecule has 0 atom stereocenters. The summed E-state index contributed by atoms with van der Waals surface area (Å²) in [6, 6.07) is 6.57. The van der Waals surface area contributed by atoms with Gasteiger partial charge in [-0.25, -0.2) is 0 Å². The van der Waals surface area contributed by atoms with Crippen molar-refractivity contribution in [1.29, 1.82) is 0 Å². The van der Waals surface area contributed by atoms with Crippen molar-refractivity contribution in [2.24, 2.45) is 5.73 Å². The summed E-state index contributed by atoms with van der Waals surface area (Å²) in [5.74, 6) is 0. The summed E-state index contributed by atoms with van der Waals surface area (Å²) in [6.45, 7) is 2.79. The van der Waals surface area contributed by atoms with Gasteiger partial charge in [0.2, 0.25) is 0 Å². The third-order valence-electron chi connectivity index (χ3n) is 2.39. The van der Waals surface area contributed by atoms with Crippen LogP contribution in [0.2, 0.25) is 0 Å². The molecular formula is C11H13N. The van der Waals surface area contributed by atoms with Crippen LogP contribution in [0.15, 0.2) is 24.3 Å². The molecule has 1 aliphatic rings. The topological polar surface area (TPSA) is 26.0 Å². The van der Waals surface area contributed by atoms with E-state index < -0.39 is 0 Å². The lowest BCUT2D eigenvalue weighted by Gasteiger charge is -2.03. The predicted octanol–water partition coefficient (Wildman–Crippen LogP) is 1.89. The molecule has 0 heterocycles. The smallest absolute Gasteiger partial charge is 0.0181 e. The zero-order valence-electron chi connectivity index (χ0n) is 7.30. The minimum atomic E-state index is 0.663. The van der Waals surface area contributed by atoms with Crippen LogP contribution in [-0.2, 0) is 6.42 Å². The second kappa shape index (κ2) is 2.76. The summed E-state index contributed by atoms with van der Waals surface area (Å²) in [5, 5.41) is 0. The Labute approximate surface area is 72.9 Å². The Morgan fingerprint density at radius 3 is 3.00 bits per heavy atom. The van der Waals surface area contributed by atoms with E-state index in [1.165, 1.54) is 22.3 Å². The van der Waals surface area contributed by atoms with Crippen molar-refractivity contribution < 1.29 is 0 Å². The molecule has 1 aliphatic carbocycles. The fourth-order valence-corrected chi connectivity index (χ4v) is 1.74. The van der Waals surface area contributed by atoms with Gasteiger partial charge in [0, 0.05) is 6.54 Å². The molecule has 0 saturated heterocycles. The number of rotatable bonds is 1. The minimum absolute atomic E-state index is 0.663. The number of allylic oxidation sites excluding steroid dienone is 1. The van der Waals surface area contributed by atoms with Crippen LogP contribution in [0.25, 0.3) is 5.57 Å². The van der Waals surface area contributed by atoms with Gasteiger partial charge in [-0.1, -0.05) is 29.8 Å². The third kappa shape index (κ3) is 1.07. The monoisotopic (exact) mass is 159 g/mol. The molecule has 2 N–H and O–H groups in total. The van der Waals surface area contributed by atoms with E-state index in [1.54, 1.807) is 0 Å². The predicted molar refractivity (Wildman–Crippen MR) is 51.9 cm³/mol. The maximum Gasteiger partial charge on any atom is 0.0181 e. The Kier molecular flexibility index (Phi) is 1.74. The number of aryl methyl sites for hydroxylation is 1. The standard InChI is InChI=1S/C11H13N/c1-8-2-5-11-9(6-8)3-4-10(11)7-12/h2,4-6H,3,7,12H2,1H3. The lowest BCUT2D eigenvalue weighted by molar-refractivity contribution is 1.27. The van der Waals surface area contributed by atoms with Crippen molar-refractivity contribution in [2.45, 2.75) is 13.3 Å². The molecule has 1 heteroatoms. The maximum atomic E-state index is 5.62. The van der Waals surface area contributed by atoms with Crippen molar-refractivity contribution >= 4 is 5.57 Å². The van der Waals surface area contributed by atoms with Crippen LogP contribution in [0.1, 0.15) is 16.7 Å². The summed E-state index contributed by atoms with van der Waals surface area (Å²) in [6.07, 6.45) is 3.29. The van der Waals surface area contributed by atoms with Crippen molar-refractivity contribution in [3.05, 3.63) is 41.0 Å². The van der Waals surface area contributed by atoms with E-state index in [0.29, 0.717) is 6.54 Å². The van der Waals surface area contributed by atoms with Crippen LogP contribution >= 0.6 is 0 Å². The van der Waals surface area contributed by atoms with Crippen LogP contribution in [0, 0.1) is 6.92 Å². The Morgan fingerprint density at radius 1 is 1.42 bits per heavy atom. The molecule has 62 valence electrons. The van der Waals surface area contributed by atoms with Gasteiger partial charge in [-0.05, 0) is 30.0 Å². The highest BCUT2D eigenvalue weighted by atomic mass is 14.5. The number of fused-ring (bicyclic) bond motifs is 1. The SMILES string of the molecule is Cc1ccc2c(c1)CC=C2CN. The van der Waals surface area contributed by atoms with E-state index in [0.717, 1.165) is 6.42 Å². The molecule has 0 radical (unpaired) electrons. The lowest BCUT2D eigenvalue weighted by Crippen LogP contribution is -2.00. The molecule has 1 nitrogen and oxygen atoms in total. The average Bonchev–Trinajstić information content (AvgIpc) is 2.46. The summed E-state index contributed by atoms with van der Waals surface area (Å²) in [4.78, 5) is 0. The Bertz CT molecular complexity index is 337. The molecule has 0 saturated carbocycles. The summed E-state index contributed by atoms with van der Waals surface area (Å²) >= 11 is 0. The molecule has 1 aromatic rings. The second-order valence-electron chi connectivity index (χ2n) is 3.30. The number of nitrogens with two attached hydrogens (primary N) is 1. The molecule has 0 fully saturated rings. The highest BCUT2D eigenvalue weighted by molar-refractivity contribution is 5.74. The normalized spacial score (nSPS) is 14.3. The zero-order valence-corrected chi connectivity index (χ0v) is 7.30. The Morgan fingerprint density at radius 2 is 2.25 bits per heavy atom. The molecule has 0 amide bonds. The van der Waals surface area contributed by atoms with Crippen LogP contribution in [0.4, 0.5) is 0 Å². The molecule has 0 aromatic heterocycles. The van der Waals surface area contributed by atoms with E-state index in [9.17, 15) is 0 Å². The molecule has 0 spiro atoms. The third-order valence-corrected chi connectivity index (χ3v) is 2.39. The first kappa shape index (κ1) is 7.56. The molecule has 0 unspecified atom stereocenters. The molecule has 12 heavy (non-hydrogen) atoms. The lowest BCUT2D eigenvalue weighted by atomic mass is 10.0. The van der Waals surface area contributed by atoms with Gasteiger partial charge in [0.25, 0.3) is 0 Å². The fraction of sp³-hybridized carbons (Fsp3) is 0.273. The van der Waals surface area contributed by atoms with Gasteiger partial charge in [0.05, 0.1) is 0 Å². The van der Waals surface area contributed by atoms with Crippen molar-refractivity contribution in [3.63, 3.8) is 0 Å². The van der Waals surface area contributed by atoms with Crippen molar-refractivity contribution in [2.75, 3.05) is 6.54 Å². The van der Waals surface area contributed by atoms with Crippen molar-refractivity contribution in [3.8, 4) is 0 Å². The highest BCUT2D eigenvalue weighted by Gasteiger charge is 2.11. The summed E-state index contributed by atoms with van der Waals surface area (Å²) in [5.41, 5.74) is 11.0. The van der Waals surface area contributed by atoms with Gasteiger partial charge in [0.15, 0.2) is 0 Å². The molecule has 0 aliphatic heterocycles. The zero-order chi connectivity index (χ0) is 8.55. The molecular weight excluding hydrogens is 146 g/mol. The first-order chi connectivity index (χ1) is 5.81. The number of hydrogen-bond donors (Lipinski definition) is 1. The van der Waals surface area contributed by atoms with E-state index in [1.807, 2.05) is 0 Å². The second-order valence-corrected chi connectivity index (χ2v) is 3.30. The first-order valence-corrected chi connectivity index (χ1v) is 4.30. The van der Waals surface area contributed by atoms with Gasteiger partial charge in [-0.15, -0.1) is 0 Å². The highest BCUT2D eigenvalue weighted by Crippen LogP contribution is 2.26. The Hall–Kier alpha value is -1.08. The summed E-state index contributed by atoms with van der Waals surface area (Å²) < 4.78 is 0. The quantitative estimate of drug-likeness (QED) is 0.665. The largest absolute Gasteiger partial charge is 0.326 e. The van der Waals surface area contributed by atoms with Crippen LogP contribution < -0.4 is 5.73 Å². The van der Waals surface area contributed by atoms with Crippen LogP contribution in [-0.4, -0.2) is 6.54 Å². The summed E-state index contributed by atoms with van der Waals surface area (Å²) in [7, 11) is 0.